The summed E-state index contributed by atoms with van der Waals surface area (Å²) in [5.74, 6) is 1.39. The molecule has 2 atom stereocenters. The first-order valence-electron chi connectivity index (χ1n) is 11.6. The van der Waals surface area contributed by atoms with Crippen LogP contribution in [0.2, 0.25) is 0 Å². The summed E-state index contributed by atoms with van der Waals surface area (Å²) in [7, 11) is 1.68. The third kappa shape index (κ3) is 5.31. The second-order valence-corrected chi connectivity index (χ2v) is 9.51. The number of hydrogen-bond donors (Lipinski definition) is 1. The van der Waals surface area contributed by atoms with Gasteiger partial charge in [-0.1, -0.05) is 45.9 Å². The normalized spacial score (nSPS) is 23.1. The van der Waals surface area contributed by atoms with Crippen molar-refractivity contribution < 1.29 is 14.3 Å². The third-order valence-electron chi connectivity index (χ3n) is 7.10. The number of hydrogen-bond acceptors (Lipinski definition) is 5. The number of ether oxygens (including phenoxy) is 2. The number of nitrogens with one attached hydrogen (secondary N) is 1. The molecule has 5 nitrogen and oxygen atoms in total. The largest absolute Gasteiger partial charge is 0.382 e. The van der Waals surface area contributed by atoms with E-state index in [1.54, 1.807) is 7.11 Å². The van der Waals surface area contributed by atoms with Crippen molar-refractivity contribution in [2.75, 3.05) is 46.6 Å². The SMILES string of the molecule is CCN(CC1CC1)C1C(=O)c2ccc(CNCCOCCOC)cc2C(C)(C)[C@H]1C. The highest BCUT2D eigenvalue weighted by atomic mass is 16.5. The predicted molar refractivity (Wildman–Crippen MR) is 121 cm³/mol. The number of benzene rings is 1. The van der Waals surface area contributed by atoms with Crippen molar-refractivity contribution >= 4 is 5.78 Å². The maximum atomic E-state index is 13.5. The monoisotopic (exact) mass is 416 g/mol. The summed E-state index contributed by atoms with van der Waals surface area (Å²) in [6, 6.07) is 6.41. The summed E-state index contributed by atoms with van der Waals surface area (Å²) >= 11 is 0. The highest BCUT2D eigenvalue weighted by Crippen LogP contribution is 2.44. The molecule has 5 heteroatoms. The number of fused-ring (bicyclic) bond motifs is 1. The molecular weight excluding hydrogens is 376 g/mol. The van der Waals surface area contributed by atoms with Crippen LogP contribution >= 0.6 is 0 Å². The van der Waals surface area contributed by atoms with Crippen molar-refractivity contribution in [2.24, 2.45) is 11.8 Å². The van der Waals surface area contributed by atoms with Gasteiger partial charge in [-0.15, -0.1) is 0 Å². The van der Waals surface area contributed by atoms with Crippen LogP contribution in [0.3, 0.4) is 0 Å². The molecule has 1 aromatic rings. The Kier molecular flexibility index (Phi) is 8.08. The fourth-order valence-electron chi connectivity index (χ4n) is 4.65. The molecule has 0 spiro atoms. The molecule has 1 N–H and O–H groups in total. The van der Waals surface area contributed by atoms with Crippen LogP contribution in [0.15, 0.2) is 18.2 Å². The van der Waals surface area contributed by atoms with Crippen LogP contribution in [0.5, 0.6) is 0 Å². The van der Waals surface area contributed by atoms with Gasteiger partial charge < -0.3 is 14.8 Å². The molecular formula is C25H40N2O3. The van der Waals surface area contributed by atoms with Crippen molar-refractivity contribution in [1.29, 1.82) is 0 Å². The lowest BCUT2D eigenvalue weighted by Gasteiger charge is -2.47. The second kappa shape index (κ2) is 10.4. The van der Waals surface area contributed by atoms with E-state index in [9.17, 15) is 4.79 Å². The van der Waals surface area contributed by atoms with Gasteiger partial charge in [-0.3, -0.25) is 9.69 Å². The van der Waals surface area contributed by atoms with E-state index in [2.05, 4.69) is 56.1 Å². The minimum absolute atomic E-state index is 0.00803. The van der Waals surface area contributed by atoms with Crippen molar-refractivity contribution in [3.8, 4) is 0 Å². The molecule has 2 aliphatic rings. The molecule has 0 saturated heterocycles. The van der Waals surface area contributed by atoms with E-state index in [0.29, 0.717) is 25.6 Å². The molecule has 1 aromatic carbocycles. The number of methoxy groups -OCH3 is 1. The number of carbonyl (C=O) groups is 1. The number of ketones is 1. The maximum Gasteiger partial charge on any atom is 0.180 e. The van der Waals surface area contributed by atoms with Crippen LogP contribution in [0, 0.1) is 11.8 Å². The molecule has 1 fully saturated rings. The zero-order valence-electron chi connectivity index (χ0n) is 19.5. The summed E-state index contributed by atoms with van der Waals surface area (Å²) in [6.07, 6.45) is 2.64. The molecule has 1 saturated carbocycles. The van der Waals surface area contributed by atoms with Gasteiger partial charge in [-0.25, -0.2) is 0 Å². The Labute approximate surface area is 182 Å². The number of Topliss-reactive ketones (excluding diaryl/α,β-unsaturated/α-hetero) is 1. The van der Waals surface area contributed by atoms with Crippen LogP contribution in [0.25, 0.3) is 0 Å². The van der Waals surface area contributed by atoms with Gasteiger partial charge >= 0.3 is 0 Å². The van der Waals surface area contributed by atoms with Gasteiger partial charge in [0, 0.05) is 32.3 Å². The number of carbonyl (C=O) groups excluding carboxylic acids is 1. The summed E-state index contributed by atoms with van der Waals surface area (Å²) < 4.78 is 10.5. The summed E-state index contributed by atoms with van der Waals surface area (Å²) in [4.78, 5) is 16.0. The topological polar surface area (TPSA) is 50.8 Å². The third-order valence-corrected chi connectivity index (χ3v) is 7.10. The minimum atomic E-state index is -0.0375. The fourth-order valence-corrected chi connectivity index (χ4v) is 4.65. The Bertz CT molecular complexity index is 714. The Morgan fingerprint density at radius 1 is 1.20 bits per heavy atom. The molecule has 0 aliphatic heterocycles. The molecule has 0 heterocycles. The van der Waals surface area contributed by atoms with E-state index in [1.165, 1.54) is 24.0 Å². The molecule has 1 unspecified atom stereocenters. The van der Waals surface area contributed by atoms with E-state index < -0.39 is 0 Å². The lowest BCUT2D eigenvalue weighted by atomic mass is 9.63. The zero-order valence-corrected chi connectivity index (χ0v) is 19.5. The van der Waals surface area contributed by atoms with Crippen LogP contribution in [-0.4, -0.2) is 63.3 Å². The lowest BCUT2D eigenvalue weighted by Crippen LogP contribution is -2.55. The number of nitrogens with zero attached hydrogens (tertiary/aromatic N) is 1. The van der Waals surface area contributed by atoms with E-state index in [0.717, 1.165) is 37.7 Å². The van der Waals surface area contributed by atoms with E-state index in [1.807, 2.05) is 0 Å². The minimum Gasteiger partial charge on any atom is -0.382 e. The average molecular weight is 417 g/mol. The van der Waals surface area contributed by atoms with Gasteiger partial charge in [0.15, 0.2) is 5.78 Å². The van der Waals surface area contributed by atoms with Crippen LogP contribution < -0.4 is 5.32 Å². The average Bonchev–Trinajstić information content (AvgIpc) is 3.55. The molecule has 0 bridgehead atoms. The molecule has 0 amide bonds. The van der Waals surface area contributed by atoms with Gasteiger partial charge in [0.25, 0.3) is 0 Å². The van der Waals surface area contributed by atoms with Crippen molar-refractivity contribution in [3.63, 3.8) is 0 Å². The first-order chi connectivity index (χ1) is 14.4. The van der Waals surface area contributed by atoms with Crippen LogP contribution in [0.4, 0.5) is 0 Å². The summed E-state index contributed by atoms with van der Waals surface area (Å²) in [5.41, 5.74) is 3.31. The molecule has 30 heavy (non-hydrogen) atoms. The van der Waals surface area contributed by atoms with Gasteiger partial charge in [0.05, 0.1) is 25.9 Å². The van der Waals surface area contributed by atoms with Gasteiger partial charge in [0.2, 0.25) is 0 Å². The molecule has 0 radical (unpaired) electrons. The van der Waals surface area contributed by atoms with Crippen molar-refractivity contribution in [2.45, 2.75) is 58.5 Å². The number of likely N-dealkylation sites (N-methyl/N-ethyl adjacent to an activating group) is 1. The first kappa shape index (κ1) is 23.4. The second-order valence-electron chi connectivity index (χ2n) is 9.51. The van der Waals surface area contributed by atoms with E-state index in [-0.39, 0.29) is 17.4 Å². The Morgan fingerprint density at radius 2 is 1.97 bits per heavy atom. The Morgan fingerprint density at radius 3 is 2.63 bits per heavy atom. The first-order valence-corrected chi connectivity index (χ1v) is 11.6. The zero-order chi connectivity index (χ0) is 21.7. The summed E-state index contributed by atoms with van der Waals surface area (Å²) in [6.45, 7) is 14.6. The lowest BCUT2D eigenvalue weighted by molar-refractivity contribution is 0.0595. The molecule has 2 aliphatic carbocycles. The van der Waals surface area contributed by atoms with E-state index >= 15 is 0 Å². The van der Waals surface area contributed by atoms with Crippen molar-refractivity contribution in [1.82, 2.24) is 10.2 Å². The standard InChI is InChI=1S/C25H40N2O3/c1-6-27(17-19-7-8-19)23-18(2)25(3,4)22-15-20(9-10-21(22)24(23)28)16-26-11-12-30-14-13-29-5/h9-10,15,18-19,23,26H,6-8,11-14,16-17H2,1-5H3/t18-,23?/m0/s1. The molecule has 0 aromatic heterocycles. The highest BCUT2D eigenvalue weighted by molar-refractivity contribution is 6.03. The van der Waals surface area contributed by atoms with Gasteiger partial charge in [0.1, 0.15) is 0 Å². The van der Waals surface area contributed by atoms with E-state index in [4.69, 9.17) is 9.47 Å². The summed E-state index contributed by atoms with van der Waals surface area (Å²) in [5, 5.41) is 3.44. The number of rotatable bonds is 12. The smallest absolute Gasteiger partial charge is 0.180 e. The van der Waals surface area contributed by atoms with Crippen LogP contribution in [-0.2, 0) is 21.4 Å². The maximum absolute atomic E-state index is 13.5. The van der Waals surface area contributed by atoms with Crippen LogP contribution in [0.1, 0.15) is 62.0 Å². The Hall–Kier alpha value is -1.27. The molecule has 3 rings (SSSR count). The molecule has 168 valence electrons. The highest BCUT2D eigenvalue weighted by Gasteiger charge is 2.47. The van der Waals surface area contributed by atoms with Gasteiger partial charge in [-0.2, -0.15) is 0 Å². The predicted octanol–water partition coefficient (Wildman–Crippen LogP) is 3.65. The van der Waals surface area contributed by atoms with Gasteiger partial charge in [-0.05, 0) is 47.8 Å². The fraction of sp³-hybridized carbons (Fsp3) is 0.720. The quantitative estimate of drug-likeness (QED) is 0.527. The Balaban J connectivity index is 1.68. The van der Waals surface area contributed by atoms with Crippen molar-refractivity contribution in [3.05, 3.63) is 34.9 Å².